The maximum atomic E-state index is 13.6. The third-order valence-electron chi connectivity index (χ3n) is 12.1. The summed E-state index contributed by atoms with van der Waals surface area (Å²) < 4.78 is 7.93. The number of aryl methyl sites for hydroxylation is 1. The van der Waals surface area contributed by atoms with Crippen LogP contribution in [0.4, 0.5) is 23.1 Å². The summed E-state index contributed by atoms with van der Waals surface area (Å²) in [6.07, 6.45) is 8.39. The first kappa shape index (κ1) is 36.8. The van der Waals surface area contributed by atoms with Crippen LogP contribution in [0.2, 0.25) is 0 Å². The Bertz CT molecular complexity index is 2160. The number of piperazine rings is 1. The molecule has 1 saturated carbocycles. The molecule has 55 heavy (non-hydrogen) atoms. The summed E-state index contributed by atoms with van der Waals surface area (Å²) in [7, 11) is 0. The number of imide groups is 1. The normalized spacial score (nSPS) is 22.6. The standard InChI is InChI=1S/C41H49N9O5/c1-26-33-23-43-40(46-37(33)50(30-6-4-5-7-30)38(53)36(26)27(2)51)44-34-13-12-31(22-42-34)48-18-16-47(17-19-48)24-32-25-49(20-21-55-32)29-10-8-28(9-11-29)41(3)15-14-35(52)45-39(41)54/h8-13,22-23,30,32H,4-7,14-21,24-25H2,1-3H3,(H,45,52,54)(H,42,43,44,46)/t32-,41+/m1/s1. The van der Waals surface area contributed by atoms with Crippen molar-refractivity contribution >= 4 is 51.8 Å². The molecule has 0 bridgehead atoms. The Labute approximate surface area is 320 Å². The van der Waals surface area contributed by atoms with Gasteiger partial charge in [-0.05, 0) is 75.4 Å². The van der Waals surface area contributed by atoms with Crippen LogP contribution >= 0.6 is 0 Å². The van der Waals surface area contributed by atoms with Gasteiger partial charge in [0.15, 0.2) is 5.78 Å². The minimum Gasteiger partial charge on any atom is -0.373 e. The number of rotatable bonds is 9. The fraction of sp³-hybridized carbons (Fsp3) is 0.488. The highest BCUT2D eigenvalue weighted by molar-refractivity contribution is 6.03. The van der Waals surface area contributed by atoms with E-state index in [9.17, 15) is 19.2 Å². The topological polar surface area (TPSA) is 155 Å². The van der Waals surface area contributed by atoms with Crippen molar-refractivity contribution in [3.8, 4) is 0 Å². The van der Waals surface area contributed by atoms with Gasteiger partial charge in [0.1, 0.15) is 11.5 Å². The van der Waals surface area contributed by atoms with Crippen molar-refractivity contribution in [1.82, 2.24) is 29.7 Å². The Hall–Kier alpha value is -5.21. The maximum Gasteiger partial charge on any atom is 0.263 e. The number of ether oxygens (including phenoxy) is 1. The molecular formula is C41H49N9O5. The SMILES string of the molecule is CC(=O)c1c(C)c2cnc(Nc3ccc(N4CCN(C[C@@H]5CN(c6ccc([C@]7(C)CCC(=O)NC7=O)cc6)CCO5)CC4)cn3)nc2n(C2CCCC2)c1=O. The third kappa shape index (κ3) is 7.32. The van der Waals surface area contributed by atoms with Gasteiger partial charge in [0.2, 0.25) is 17.8 Å². The summed E-state index contributed by atoms with van der Waals surface area (Å²) in [5.41, 5.74) is 3.50. The molecule has 1 aromatic carbocycles. The summed E-state index contributed by atoms with van der Waals surface area (Å²) in [4.78, 5) is 71.5. The van der Waals surface area contributed by atoms with Crippen molar-refractivity contribution in [2.24, 2.45) is 0 Å². The molecule has 4 fully saturated rings. The molecule has 4 aliphatic rings. The van der Waals surface area contributed by atoms with Gasteiger partial charge in [0, 0.05) is 75.5 Å². The van der Waals surface area contributed by atoms with E-state index < -0.39 is 5.41 Å². The molecule has 3 saturated heterocycles. The number of nitrogens with zero attached hydrogens (tertiary/aromatic N) is 7. The van der Waals surface area contributed by atoms with Crippen molar-refractivity contribution in [2.75, 3.05) is 67.5 Å². The largest absolute Gasteiger partial charge is 0.373 e. The van der Waals surface area contributed by atoms with Gasteiger partial charge in [-0.25, -0.2) is 9.97 Å². The number of amides is 2. The Morgan fingerprint density at radius 3 is 2.38 bits per heavy atom. The first-order chi connectivity index (χ1) is 26.6. The van der Waals surface area contributed by atoms with Gasteiger partial charge in [0.05, 0.1) is 35.6 Å². The van der Waals surface area contributed by atoms with Gasteiger partial charge in [-0.1, -0.05) is 25.0 Å². The molecule has 0 radical (unpaired) electrons. The van der Waals surface area contributed by atoms with Gasteiger partial charge >= 0.3 is 0 Å². The highest BCUT2D eigenvalue weighted by Crippen LogP contribution is 2.34. The highest BCUT2D eigenvalue weighted by atomic mass is 16.5. The Kier molecular flexibility index (Phi) is 10.1. The predicted octanol–water partition coefficient (Wildman–Crippen LogP) is 4.28. The summed E-state index contributed by atoms with van der Waals surface area (Å²) >= 11 is 0. The molecule has 3 aliphatic heterocycles. The van der Waals surface area contributed by atoms with Crippen LogP contribution < -0.4 is 26.0 Å². The number of Topliss-reactive ketones (excluding diaryl/α,β-unsaturated/α-hetero) is 1. The van der Waals surface area contributed by atoms with Crippen molar-refractivity contribution in [3.05, 3.63) is 75.8 Å². The van der Waals surface area contributed by atoms with Crippen LogP contribution in [0, 0.1) is 6.92 Å². The predicted molar refractivity (Wildman–Crippen MR) is 210 cm³/mol. The molecular weight excluding hydrogens is 699 g/mol. The van der Waals surface area contributed by atoms with Gasteiger partial charge in [-0.2, -0.15) is 4.98 Å². The average molecular weight is 748 g/mol. The van der Waals surface area contributed by atoms with Crippen LogP contribution in [-0.4, -0.2) is 101 Å². The lowest BCUT2D eigenvalue weighted by Crippen LogP contribution is -2.52. The van der Waals surface area contributed by atoms with Crippen LogP contribution in [0.25, 0.3) is 11.0 Å². The number of anilines is 4. The van der Waals surface area contributed by atoms with Crippen LogP contribution in [0.5, 0.6) is 0 Å². The van der Waals surface area contributed by atoms with E-state index >= 15 is 0 Å². The molecule has 288 valence electrons. The van der Waals surface area contributed by atoms with E-state index in [2.05, 4.69) is 53.5 Å². The fourth-order valence-electron chi connectivity index (χ4n) is 8.73. The number of morpholine rings is 1. The maximum absolute atomic E-state index is 13.6. The quantitative estimate of drug-likeness (QED) is 0.186. The summed E-state index contributed by atoms with van der Waals surface area (Å²) in [6.45, 7) is 11.8. The second kappa shape index (κ2) is 15.1. The lowest BCUT2D eigenvalue weighted by molar-refractivity contribution is -0.137. The monoisotopic (exact) mass is 747 g/mol. The van der Waals surface area contributed by atoms with Gasteiger partial charge in [0.25, 0.3) is 5.56 Å². The molecule has 2 amide bonds. The molecule has 14 heteroatoms. The number of benzene rings is 1. The lowest BCUT2D eigenvalue weighted by atomic mass is 9.75. The molecule has 0 spiro atoms. The van der Waals surface area contributed by atoms with E-state index in [4.69, 9.17) is 9.72 Å². The molecule has 3 aromatic heterocycles. The Balaban J connectivity index is 0.863. The fourth-order valence-corrected chi connectivity index (χ4v) is 8.73. The molecule has 8 rings (SSSR count). The van der Waals surface area contributed by atoms with Gasteiger partial charge < -0.3 is 19.9 Å². The first-order valence-corrected chi connectivity index (χ1v) is 19.5. The molecule has 14 nitrogen and oxygen atoms in total. The Morgan fingerprint density at radius 2 is 1.69 bits per heavy atom. The van der Waals surface area contributed by atoms with Crippen molar-refractivity contribution < 1.29 is 19.1 Å². The summed E-state index contributed by atoms with van der Waals surface area (Å²) in [6, 6.07) is 12.2. The van der Waals surface area contributed by atoms with Crippen LogP contribution in [0.15, 0.2) is 53.6 Å². The van der Waals surface area contributed by atoms with Crippen LogP contribution in [-0.2, 0) is 19.7 Å². The molecule has 4 aromatic rings. The minimum atomic E-state index is -0.698. The number of ketones is 1. The first-order valence-electron chi connectivity index (χ1n) is 19.5. The molecule has 0 unspecified atom stereocenters. The minimum absolute atomic E-state index is 0.0150. The summed E-state index contributed by atoms with van der Waals surface area (Å²) in [5.74, 6) is 0.288. The Morgan fingerprint density at radius 1 is 0.945 bits per heavy atom. The van der Waals surface area contributed by atoms with E-state index in [1.807, 2.05) is 31.3 Å². The molecule has 6 heterocycles. The molecule has 1 aliphatic carbocycles. The van der Waals surface area contributed by atoms with E-state index in [-0.39, 0.29) is 40.9 Å². The number of carbonyl (C=O) groups excluding carboxylic acids is 3. The van der Waals surface area contributed by atoms with Crippen LogP contribution in [0.1, 0.15) is 79.9 Å². The zero-order chi connectivity index (χ0) is 38.3. The second-order valence-corrected chi connectivity index (χ2v) is 15.6. The third-order valence-corrected chi connectivity index (χ3v) is 12.1. The second-order valence-electron chi connectivity index (χ2n) is 15.6. The number of hydrogen-bond acceptors (Lipinski definition) is 12. The number of pyridine rings is 2. The smallest absolute Gasteiger partial charge is 0.263 e. The number of hydrogen-bond donors (Lipinski definition) is 2. The molecule has 2 N–H and O–H groups in total. The van der Waals surface area contributed by atoms with Crippen molar-refractivity contribution in [2.45, 2.75) is 76.9 Å². The van der Waals surface area contributed by atoms with Gasteiger partial charge in [-0.3, -0.25) is 34.0 Å². The van der Waals surface area contributed by atoms with E-state index in [0.29, 0.717) is 47.8 Å². The van der Waals surface area contributed by atoms with E-state index in [1.165, 1.54) is 6.92 Å². The number of fused-ring (bicyclic) bond motifs is 1. The highest BCUT2D eigenvalue weighted by Gasteiger charge is 2.40. The van der Waals surface area contributed by atoms with E-state index in [1.54, 1.807) is 17.7 Å². The number of aromatic nitrogens is 4. The number of nitrogens with one attached hydrogen (secondary N) is 2. The molecule has 2 atom stereocenters. The van der Waals surface area contributed by atoms with Crippen molar-refractivity contribution in [1.29, 1.82) is 0 Å². The van der Waals surface area contributed by atoms with Crippen molar-refractivity contribution in [3.63, 3.8) is 0 Å². The zero-order valence-electron chi connectivity index (χ0n) is 31.8. The number of piperidine rings is 1. The number of carbonyl (C=O) groups is 3. The lowest BCUT2D eigenvalue weighted by Gasteiger charge is -2.40. The average Bonchev–Trinajstić information content (AvgIpc) is 3.72. The summed E-state index contributed by atoms with van der Waals surface area (Å²) in [5, 5.41) is 6.43. The zero-order valence-corrected chi connectivity index (χ0v) is 31.8. The van der Waals surface area contributed by atoms with Gasteiger partial charge in [-0.15, -0.1) is 0 Å². The van der Waals surface area contributed by atoms with Crippen LogP contribution in [0.3, 0.4) is 0 Å². The van der Waals surface area contributed by atoms with E-state index in [0.717, 1.165) is 88.4 Å².